The Kier molecular flexibility index (Phi) is 4.80. The third-order valence-corrected chi connectivity index (χ3v) is 2.97. The molecular formula is C14H23N. The molecule has 1 aromatic rings. The van der Waals surface area contributed by atoms with E-state index in [9.17, 15) is 0 Å². The van der Waals surface area contributed by atoms with Crippen molar-refractivity contribution in [3.05, 3.63) is 29.1 Å². The van der Waals surface area contributed by atoms with Crippen molar-refractivity contribution in [2.45, 2.75) is 53.4 Å². The molecule has 1 heteroatoms. The number of hydrogen-bond donors (Lipinski definition) is 0. The zero-order valence-electron chi connectivity index (χ0n) is 10.5. The molecule has 1 nitrogen and oxygen atoms in total. The summed E-state index contributed by atoms with van der Waals surface area (Å²) in [5.41, 5.74) is 3.99. The molecule has 1 aromatic heterocycles. The Hall–Kier alpha value is -0.850. The molecule has 0 aliphatic heterocycles. The first-order valence-electron chi connectivity index (χ1n) is 6.11. The quantitative estimate of drug-likeness (QED) is 0.709. The molecule has 1 atom stereocenters. The van der Waals surface area contributed by atoms with Gasteiger partial charge in [0.25, 0.3) is 0 Å². The van der Waals surface area contributed by atoms with Crippen molar-refractivity contribution in [2.75, 3.05) is 0 Å². The van der Waals surface area contributed by atoms with E-state index in [4.69, 9.17) is 0 Å². The van der Waals surface area contributed by atoms with Gasteiger partial charge in [-0.1, -0.05) is 39.7 Å². The molecule has 15 heavy (non-hydrogen) atoms. The van der Waals surface area contributed by atoms with E-state index in [1.807, 2.05) is 6.20 Å². The Morgan fingerprint density at radius 2 is 2.07 bits per heavy atom. The van der Waals surface area contributed by atoms with Gasteiger partial charge in [0.1, 0.15) is 0 Å². The summed E-state index contributed by atoms with van der Waals surface area (Å²) in [4.78, 5) is 4.57. The number of aromatic nitrogens is 1. The van der Waals surface area contributed by atoms with Crippen molar-refractivity contribution in [2.24, 2.45) is 5.92 Å². The smallest absolute Gasteiger partial charge is 0.0435 e. The molecule has 84 valence electrons. The van der Waals surface area contributed by atoms with E-state index in [2.05, 4.69) is 38.7 Å². The fraction of sp³-hybridized carbons (Fsp3) is 0.643. The lowest BCUT2D eigenvalue weighted by molar-refractivity contribution is 0.515. The zero-order valence-corrected chi connectivity index (χ0v) is 10.5. The van der Waals surface area contributed by atoms with E-state index < -0.39 is 0 Å². The van der Waals surface area contributed by atoms with Crippen LogP contribution in [0.25, 0.3) is 0 Å². The van der Waals surface area contributed by atoms with E-state index >= 15 is 0 Å². The summed E-state index contributed by atoms with van der Waals surface area (Å²) in [5.74, 6) is 0.758. The first-order chi connectivity index (χ1) is 7.17. The zero-order chi connectivity index (χ0) is 11.3. The molecule has 0 radical (unpaired) electrons. The summed E-state index contributed by atoms with van der Waals surface area (Å²) in [5, 5.41) is 0. The van der Waals surface area contributed by atoms with Gasteiger partial charge in [-0.3, -0.25) is 4.98 Å². The highest BCUT2D eigenvalue weighted by Crippen LogP contribution is 2.16. The molecule has 0 amide bonds. The van der Waals surface area contributed by atoms with Gasteiger partial charge in [0.05, 0.1) is 0 Å². The minimum atomic E-state index is 0.758. The molecule has 0 spiro atoms. The van der Waals surface area contributed by atoms with E-state index in [1.54, 1.807) is 0 Å². The molecule has 0 aromatic carbocycles. The summed E-state index contributed by atoms with van der Waals surface area (Å²) >= 11 is 0. The second-order valence-corrected chi connectivity index (χ2v) is 4.56. The van der Waals surface area contributed by atoms with Crippen LogP contribution >= 0.6 is 0 Å². The molecule has 0 bridgehead atoms. The molecule has 0 aliphatic carbocycles. The van der Waals surface area contributed by atoms with Crippen molar-refractivity contribution < 1.29 is 0 Å². The van der Waals surface area contributed by atoms with Crippen LogP contribution in [0.2, 0.25) is 0 Å². The SMILES string of the molecule is CCCC(C)Cc1ncc(CC)cc1C. The molecule has 0 N–H and O–H groups in total. The summed E-state index contributed by atoms with van der Waals surface area (Å²) in [6, 6.07) is 2.28. The maximum absolute atomic E-state index is 4.57. The van der Waals surface area contributed by atoms with Gasteiger partial charge in [0.2, 0.25) is 0 Å². The van der Waals surface area contributed by atoms with Crippen LogP contribution in [0, 0.1) is 12.8 Å². The minimum Gasteiger partial charge on any atom is -0.261 e. The lowest BCUT2D eigenvalue weighted by Crippen LogP contribution is -2.04. The Bertz CT molecular complexity index is 304. The number of hydrogen-bond acceptors (Lipinski definition) is 1. The molecular weight excluding hydrogens is 182 g/mol. The number of nitrogens with zero attached hydrogens (tertiary/aromatic N) is 1. The number of rotatable bonds is 5. The molecule has 0 saturated carbocycles. The maximum Gasteiger partial charge on any atom is 0.0435 e. The van der Waals surface area contributed by atoms with Gasteiger partial charge in [0, 0.05) is 11.9 Å². The Morgan fingerprint density at radius 3 is 2.60 bits per heavy atom. The second-order valence-electron chi connectivity index (χ2n) is 4.56. The number of pyridine rings is 1. The van der Waals surface area contributed by atoms with E-state index in [0.717, 1.165) is 18.8 Å². The molecule has 0 fully saturated rings. The Labute approximate surface area is 93.9 Å². The monoisotopic (exact) mass is 205 g/mol. The van der Waals surface area contributed by atoms with Gasteiger partial charge in [-0.25, -0.2) is 0 Å². The lowest BCUT2D eigenvalue weighted by atomic mass is 9.97. The van der Waals surface area contributed by atoms with Crippen molar-refractivity contribution >= 4 is 0 Å². The molecule has 0 saturated heterocycles. The van der Waals surface area contributed by atoms with Gasteiger partial charge in [0.15, 0.2) is 0 Å². The topological polar surface area (TPSA) is 12.9 Å². The predicted molar refractivity (Wildman–Crippen MR) is 66.1 cm³/mol. The number of aryl methyl sites for hydroxylation is 2. The van der Waals surface area contributed by atoms with Crippen molar-refractivity contribution in [1.82, 2.24) is 4.98 Å². The molecule has 1 unspecified atom stereocenters. The van der Waals surface area contributed by atoms with Crippen molar-refractivity contribution in [3.8, 4) is 0 Å². The van der Waals surface area contributed by atoms with Crippen LogP contribution in [0.5, 0.6) is 0 Å². The van der Waals surface area contributed by atoms with Crippen LogP contribution in [-0.4, -0.2) is 4.98 Å². The van der Waals surface area contributed by atoms with Gasteiger partial charge in [-0.15, -0.1) is 0 Å². The van der Waals surface area contributed by atoms with Gasteiger partial charge in [-0.05, 0) is 36.8 Å². The van der Waals surface area contributed by atoms with E-state index in [-0.39, 0.29) is 0 Å². The molecule has 0 aliphatic rings. The summed E-state index contributed by atoms with van der Waals surface area (Å²) < 4.78 is 0. The standard InChI is InChI=1S/C14H23N/c1-5-7-11(3)8-14-12(4)9-13(6-2)10-15-14/h9-11H,5-8H2,1-4H3. The fourth-order valence-electron chi connectivity index (χ4n) is 1.99. The highest BCUT2D eigenvalue weighted by atomic mass is 14.7. The van der Waals surface area contributed by atoms with Crippen LogP contribution in [0.3, 0.4) is 0 Å². The fourth-order valence-corrected chi connectivity index (χ4v) is 1.99. The van der Waals surface area contributed by atoms with Crippen LogP contribution < -0.4 is 0 Å². The molecule has 1 rings (SSSR count). The Balaban J connectivity index is 2.69. The summed E-state index contributed by atoms with van der Waals surface area (Å²) in [6.07, 6.45) is 6.81. The van der Waals surface area contributed by atoms with Crippen LogP contribution in [0.4, 0.5) is 0 Å². The van der Waals surface area contributed by atoms with Gasteiger partial charge in [-0.2, -0.15) is 0 Å². The third kappa shape index (κ3) is 3.65. The van der Waals surface area contributed by atoms with Crippen LogP contribution in [-0.2, 0) is 12.8 Å². The van der Waals surface area contributed by atoms with E-state index in [0.29, 0.717) is 0 Å². The average molecular weight is 205 g/mol. The van der Waals surface area contributed by atoms with Gasteiger partial charge < -0.3 is 0 Å². The van der Waals surface area contributed by atoms with Crippen LogP contribution in [0.1, 0.15) is 50.4 Å². The van der Waals surface area contributed by atoms with Crippen LogP contribution in [0.15, 0.2) is 12.3 Å². The first-order valence-corrected chi connectivity index (χ1v) is 6.11. The minimum absolute atomic E-state index is 0.758. The maximum atomic E-state index is 4.57. The highest BCUT2D eigenvalue weighted by Gasteiger charge is 2.06. The lowest BCUT2D eigenvalue weighted by Gasteiger charge is -2.12. The first kappa shape index (κ1) is 12.2. The summed E-state index contributed by atoms with van der Waals surface area (Å²) in [6.45, 7) is 8.92. The largest absolute Gasteiger partial charge is 0.261 e. The average Bonchev–Trinajstić information content (AvgIpc) is 2.21. The van der Waals surface area contributed by atoms with Gasteiger partial charge >= 0.3 is 0 Å². The van der Waals surface area contributed by atoms with Crippen molar-refractivity contribution in [1.29, 1.82) is 0 Å². The predicted octanol–water partition coefficient (Wildman–Crippen LogP) is 3.93. The Morgan fingerprint density at radius 1 is 1.33 bits per heavy atom. The van der Waals surface area contributed by atoms with E-state index in [1.165, 1.54) is 29.7 Å². The normalized spacial score (nSPS) is 12.8. The highest BCUT2D eigenvalue weighted by molar-refractivity contribution is 5.24. The third-order valence-electron chi connectivity index (χ3n) is 2.97. The van der Waals surface area contributed by atoms with Crippen molar-refractivity contribution in [3.63, 3.8) is 0 Å². The second kappa shape index (κ2) is 5.89. The summed E-state index contributed by atoms with van der Waals surface area (Å²) in [7, 11) is 0. The molecule has 1 heterocycles.